The molecular weight excluding hydrogens is 252 g/mol. The lowest BCUT2D eigenvalue weighted by molar-refractivity contribution is 0.153. The second-order valence-electron chi connectivity index (χ2n) is 5.14. The van der Waals surface area contributed by atoms with Gasteiger partial charge in [-0.2, -0.15) is 11.3 Å². The Hall–Kier alpha value is -1.16. The average molecular weight is 272 g/mol. The Morgan fingerprint density at radius 1 is 1.26 bits per heavy atom. The van der Waals surface area contributed by atoms with Crippen LogP contribution in [0.4, 0.5) is 0 Å². The van der Waals surface area contributed by atoms with Crippen LogP contribution < -0.4 is 5.32 Å². The van der Waals surface area contributed by atoms with E-state index in [0.29, 0.717) is 12.1 Å². The minimum Gasteiger partial charge on any atom is -0.308 e. The predicted molar refractivity (Wildman–Crippen MR) is 81.5 cm³/mol. The Morgan fingerprint density at radius 2 is 2.11 bits per heavy atom. The number of nitrogens with one attached hydrogen (secondary N) is 1. The van der Waals surface area contributed by atoms with Crippen molar-refractivity contribution >= 4 is 11.3 Å². The van der Waals surface area contributed by atoms with Crippen LogP contribution in [-0.4, -0.2) is 24.5 Å². The molecule has 100 valence electrons. The molecule has 3 heteroatoms. The molecule has 0 spiro atoms. The van der Waals surface area contributed by atoms with E-state index in [1.54, 1.807) is 11.3 Å². The summed E-state index contributed by atoms with van der Waals surface area (Å²) in [4.78, 5) is 2.58. The van der Waals surface area contributed by atoms with Gasteiger partial charge < -0.3 is 5.32 Å². The zero-order chi connectivity index (χ0) is 13.1. The second-order valence-corrected chi connectivity index (χ2v) is 5.93. The van der Waals surface area contributed by atoms with Crippen LogP contribution in [0.15, 0.2) is 47.2 Å². The Morgan fingerprint density at radius 3 is 2.84 bits per heavy atom. The highest BCUT2D eigenvalue weighted by atomic mass is 32.1. The second kappa shape index (κ2) is 5.87. The first-order chi connectivity index (χ1) is 9.34. The van der Waals surface area contributed by atoms with Crippen molar-refractivity contribution in [3.8, 4) is 0 Å². The molecule has 19 heavy (non-hydrogen) atoms. The van der Waals surface area contributed by atoms with Gasteiger partial charge in [-0.1, -0.05) is 30.3 Å². The van der Waals surface area contributed by atoms with Crippen LogP contribution in [0.2, 0.25) is 0 Å². The molecule has 1 aliphatic heterocycles. The first-order valence-corrected chi connectivity index (χ1v) is 7.83. The molecule has 2 nitrogen and oxygen atoms in total. The van der Waals surface area contributed by atoms with Gasteiger partial charge in [0, 0.05) is 31.7 Å². The van der Waals surface area contributed by atoms with E-state index < -0.39 is 0 Å². The Labute approximate surface area is 119 Å². The van der Waals surface area contributed by atoms with Gasteiger partial charge in [0.25, 0.3) is 0 Å². The van der Waals surface area contributed by atoms with Crippen molar-refractivity contribution < 1.29 is 0 Å². The molecular formula is C16H20N2S. The third-order valence-electron chi connectivity index (χ3n) is 3.98. The Kier molecular flexibility index (Phi) is 3.97. The summed E-state index contributed by atoms with van der Waals surface area (Å²) in [6.07, 6.45) is 0. The maximum atomic E-state index is 3.63. The minimum absolute atomic E-state index is 0.455. The van der Waals surface area contributed by atoms with Gasteiger partial charge in [-0.05, 0) is 34.9 Å². The van der Waals surface area contributed by atoms with E-state index in [4.69, 9.17) is 0 Å². The molecule has 1 N–H and O–H groups in total. The summed E-state index contributed by atoms with van der Waals surface area (Å²) in [5, 5.41) is 8.06. The van der Waals surface area contributed by atoms with Crippen LogP contribution in [0.3, 0.4) is 0 Å². The molecule has 1 saturated heterocycles. The molecule has 1 aromatic heterocycles. The van der Waals surface area contributed by atoms with Gasteiger partial charge in [0.15, 0.2) is 0 Å². The van der Waals surface area contributed by atoms with E-state index in [-0.39, 0.29) is 0 Å². The lowest BCUT2D eigenvalue weighted by Gasteiger charge is -2.37. The minimum atomic E-state index is 0.455. The molecule has 0 amide bonds. The molecule has 1 fully saturated rings. The standard InChI is InChI=1S/C16H20N2S/c1-13(15-7-10-19-12-15)18-9-8-17-16(11-18)14-5-3-2-4-6-14/h2-7,10,12-13,16-17H,8-9,11H2,1H3. The SMILES string of the molecule is CC(c1ccsc1)N1CCNC(c2ccccc2)C1. The zero-order valence-electron chi connectivity index (χ0n) is 11.3. The number of rotatable bonds is 3. The highest BCUT2D eigenvalue weighted by molar-refractivity contribution is 7.07. The van der Waals surface area contributed by atoms with Gasteiger partial charge in [0.1, 0.15) is 0 Å². The molecule has 0 radical (unpaired) electrons. The Bertz CT molecular complexity index is 495. The lowest BCUT2D eigenvalue weighted by atomic mass is 10.0. The van der Waals surface area contributed by atoms with E-state index >= 15 is 0 Å². The first kappa shape index (κ1) is 12.9. The first-order valence-electron chi connectivity index (χ1n) is 6.89. The van der Waals surface area contributed by atoms with E-state index in [9.17, 15) is 0 Å². The lowest BCUT2D eigenvalue weighted by Crippen LogP contribution is -2.46. The van der Waals surface area contributed by atoms with Crippen molar-refractivity contribution in [1.29, 1.82) is 0 Å². The monoisotopic (exact) mass is 272 g/mol. The average Bonchev–Trinajstić information content (AvgIpc) is 3.02. The smallest absolute Gasteiger partial charge is 0.0449 e. The van der Waals surface area contributed by atoms with E-state index in [1.165, 1.54) is 11.1 Å². The highest BCUT2D eigenvalue weighted by Gasteiger charge is 2.24. The molecule has 0 saturated carbocycles. The number of hydrogen-bond acceptors (Lipinski definition) is 3. The van der Waals surface area contributed by atoms with Gasteiger partial charge in [-0.15, -0.1) is 0 Å². The van der Waals surface area contributed by atoms with Crippen molar-refractivity contribution in [2.75, 3.05) is 19.6 Å². The maximum absolute atomic E-state index is 3.63. The molecule has 3 rings (SSSR count). The number of benzene rings is 1. The summed E-state index contributed by atoms with van der Waals surface area (Å²) < 4.78 is 0. The molecule has 2 heterocycles. The fourth-order valence-electron chi connectivity index (χ4n) is 2.76. The summed E-state index contributed by atoms with van der Waals surface area (Å²) in [5.41, 5.74) is 2.84. The van der Waals surface area contributed by atoms with Crippen LogP contribution in [0, 0.1) is 0 Å². The third kappa shape index (κ3) is 2.89. The number of piperazine rings is 1. The van der Waals surface area contributed by atoms with Gasteiger partial charge in [0.05, 0.1) is 0 Å². The summed E-state index contributed by atoms with van der Waals surface area (Å²) in [6.45, 7) is 5.59. The summed E-state index contributed by atoms with van der Waals surface area (Å²) in [7, 11) is 0. The van der Waals surface area contributed by atoms with E-state index in [0.717, 1.165) is 19.6 Å². The normalized spacial score (nSPS) is 22.3. The topological polar surface area (TPSA) is 15.3 Å². The molecule has 2 atom stereocenters. The van der Waals surface area contributed by atoms with Crippen molar-refractivity contribution in [1.82, 2.24) is 10.2 Å². The quantitative estimate of drug-likeness (QED) is 0.920. The number of nitrogens with zero attached hydrogens (tertiary/aromatic N) is 1. The van der Waals surface area contributed by atoms with Gasteiger partial charge in [-0.3, -0.25) is 4.90 Å². The van der Waals surface area contributed by atoms with Crippen molar-refractivity contribution in [3.05, 3.63) is 58.3 Å². The van der Waals surface area contributed by atoms with Crippen LogP contribution in [0.1, 0.15) is 30.1 Å². The van der Waals surface area contributed by atoms with E-state index in [1.807, 2.05) is 0 Å². The maximum Gasteiger partial charge on any atom is 0.0449 e. The predicted octanol–water partition coefficient (Wildman–Crippen LogP) is 3.46. The largest absolute Gasteiger partial charge is 0.308 e. The van der Waals surface area contributed by atoms with Crippen LogP contribution >= 0.6 is 11.3 Å². The molecule has 2 unspecified atom stereocenters. The fourth-order valence-corrected chi connectivity index (χ4v) is 3.50. The van der Waals surface area contributed by atoms with E-state index in [2.05, 4.69) is 64.3 Å². The molecule has 1 aromatic carbocycles. The fraction of sp³-hybridized carbons (Fsp3) is 0.375. The van der Waals surface area contributed by atoms with Crippen molar-refractivity contribution in [2.45, 2.75) is 19.0 Å². The van der Waals surface area contributed by atoms with Gasteiger partial charge in [0.2, 0.25) is 0 Å². The molecule has 2 aromatic rings. The summed E-state index contributed by atoms with van der Waals surface area (Å²) >= 11 is 1.79. The third-order valence-corrected chi connectivity index (χ3v) is 4.68. The number of thiophene rings is 1. The highest BCUT2D eigenvalue weighted by Crippen LogP contribution is 2.26. The summed E-state index contributed by atoms with van der Waals surface area (Å²) in [5.74, 6) is 0. The van der Waals surface area contributed by atoms with Gasteiger partial charge >= 0.3 is 0 Å². The Balaban J connectivity index is 1.71. The summed E-state index contributed by atoms with van der Waals surface area (Å²) in [6, 6.07) is 14.0. The zero-order valence-corrected chi connectivity index (χ0v) is 12.1. The van der Waals surface area contributed by atoms with Crippen LogP contribution in [-0.2, 0) is 0 Å². The number of hydrogen-bond donors (Lipinski definition) is 1. The van der Waals surface area contributed by atoms with Crippen molar-refractivity contribution in [2.24, 2.45) is 0 Å². The van der Waals surface area contributed by atoms with Crippen LogP contribution in [0.5, 0.6) is 0 Å². The van der Waals surface area contributed by atoms with Crippen LogP contribution in [0.25, 0.3) is 0 Å². The molecule has 0 bridgehead atoms. The molecule has 1 aliphatic rings. The van der Waals surface area contributed by atoms with Gasteiger partial charge in [-0.25, -0.2) is 0 Å². The molecule has 0 aliphatic carbocycles. The van der Waals surface area contributed by atoms with Crippen molar-refractivity contribution in [3.63, 3.8) is 0 Å².